The smallest absolute Gasteiger partial charge is 0.224 e. The average molecular weight is 269 g/mol. The van der Waals surface area contributed by atoms with Gasteiger partial charge >= 0.3 is 0 Å². The van der Waals surface area contributed by atoms with Crippen molar-refractivity contribution in [3.8, 4) is 5.75 Å². The molecule has 104 valence electrons. The van der Waals surface area contributed by atoms with Crippen molar-refractivity contribution in [2.45, 2.75) is 26.7 Å². The lowest BCUT2D eigenvalue weighted by Crippen LogP contribution is -2.13. The van der Waals surface area contributed by atoms with E-state index in [4.69, 9.17) is 0 Å². The summed E-state index contributed by atoms with van der Waals surface area (Å²) in [4.78, 5) is 12.0. The minimum atomic E-state index is -0.0399. The highest BCUT2D eigenvalue weighted by Gasteiger charge is 2.07. The molecule has 0 spiro atoms. The molecule has 0 aliphatic rings. The van der Waals surface area contributed by atoms with Gasteiger partial charge in [-0.15, -0.1) is 0 Å². The number of anilines is 1. The van der Waals surface area contributed by atoms with Gasteiger partial charge in [0.1, 0.15) is 5.75 Å². The van der Waals surface area contributed by atoms with E-state index >= 15 is 0 Å². The van der Waals surface area contributed by atoms with Gasteiger partial charge in [0.2, 0.25) is 5.91 Å². The lowest BCUT2D eigenvalue weighted by atomic mass is 10.1. The van der Waals surface area contributed by atoms with Crippen molar-refractivity contribution in [3.05, 3.63) is 59.2 Å². The highest BCUT2D eigenvalue weighted by molar-refractivity contribution is 5.91. The SMILES string of the molecule is Cc1cccc(NC(=O)CCc2ccccc2O)c1C. The van der Waals surface area contributed by atoms with E-state index in [0.717, 1.165) is 22.4 Å². The fraction of sp³-hybridized carbons (Fsp3) is 0.235. The first-order valence-corrected chi connectivity index (χ1v) is 6.71. The van der Waals surface area contributed by atoms with Crippen molar-refractivity contribution in [2.75, 3.05) is 5.32 Å². The number of hydrogen-bond donors (Lipinski definition) is 2. The zero-order valence-corrected chi connectivity index (χ0v) is 11.8. The van der Waals surface area contributed by atoms with E-state index in [1.54, 1.807) is 12.1 Å². The van der Waals surface area contributed by atoms with Crippen LogP contribution in [0.4, 0.5) is 5.69 Å². The number of amides is 1. The number of hydrogen-bond acceptors (Lipinski definition) is 2. The summed E-state index contributed by atoms with van der Waals surface area (Å²) in [6.07, 6.45) is 0.883. The zero-order chi connectivity index (χ0) is 14.5. The largest absolute Gasteiger partial charge is 0.508 e. The normalized spacial score (nSPS) is 10.3. The predicted molar refractivity (Wildman–Crippen MR) is 81.0 cm³/mol. The molecule has 20 heavy (non-hydrogen) atoms. The van der Waals surface area contributed by atoms with Crippen LogP contribution >= 0.6 is 0 Å². The number of nitrogens with one attached hydrogen (secondary N) is 1. The molecule has 1 amide bonds. The maximum Gasteiger partial charge on any atom is 0.224 e. The number of benzene rings is 2. The molecule has 0 saturated heterocycles. The summed E-state index contributed by atoms with van der Waals surface area (Å²) in [7, 11) is 0. The van der Waals surface area contributed by atoms with Crippen LogP contribution in [-0.2, 0) is 11.2 Å². The monoisotopic (exact) mass is 269 g/mol. The minimum Gasteiger partial charge on any atom is -0.508 e. The van der Waals surface area contributed by atoms with Gasteiger partial charge in [-0.2, -0.15) is 0 Å². The molecule has 0 aliphatic heterocycles. The lowest BCUT2D eigenvalue weighted by Gasteiger charge is -2.10. The van der Waals surface area contributed by atoms with Gasteiger partial charge in [0.15, 0.2) is 0 Å². The molecule has 0 atom stereocenters. The quantitative estimate of drug-likeness (QED) is 0.891. The highest BCUT2D eigenvalue weighted by Crippen LogP contribution is 2.20. The Morgan fingerprint density at radius 2 is 1.85 bits per heavy atom. The number of aromatic hydroxyl groups is 1. The number of carbonyl (C=O) groups excluding carboxylic acids is 1. The molecule has 2 aromatic rings. The van der Waals surface area contributed by atoms with E-state index in [1.807, 2.05) is 44.2 Å². The molecular formula is C17H19NO2. The summed E-state index contributed by atoms with van der Waals surface area (Å²) >= 11 is 0. The van der Waals surface area contributed by atoms with Gasteiger partial charge in [-0.25, -0.2) is 0 Å². The van der Waals surface area contributed by atoms with Crippen molar-refractivity contribution in [3.63, 3.8) is 0 Å². The molecule has 0 aliphatic carbocycles. The molecular weight excluding hydrogens is 250 g/mol. The van der Waals surface area contributed by atoms with Crippen molar-refractivity contribution in [2.24, 2.45) is 0 Å². The van der Waals surface area contributed by atoms with Crippen molar-refractivity contribution >= 4 is 11.6 Å². The number of carbonyl (C=O) groups is 1. The molecule has 3 heteroatoms. The first kappa shape index (κ1) is 14.1. The zero-order valence-electron chi connectivity index (χ0n) is 11.8. The van der Waals surface area contributed by atoms with Crippen LogP contribution in [0.5, 0.6) is 5.75 Å². The topological polar surface area (TPSA) is 49.3 Å². The average Bonchev–Trinajstić information content (AvgIpc) is 2.43. The van der Waals surface area contributed by atoms with Gasteiger partial charge in [0, 0.05) is 12.1 Å². The third-order valence-electron chi connectivity index (χ3n) is 3.49. The highest BCUT2D eigenvalue weighted by atomic mass is 16.3. The Balaban J connectivity index is 1.96. The summed E-state index contributed by atoms with van der Waals surface area (Å²) in [5.74, 6) is 0.203. The van der Waals surface area contributed by atoms with E-state index in [9.17, 15) is 9.90 Å². The first-order chi connectivity index (χ1) is 9.58. The van der Waals surface area contributed by atoms with Gasteiger partial charge in [-0.05, 0) is 49.1 Å². The maximum absolute atomic E-state index is 12.0. The standard InChI is InChI=1S/C17H19NO2/c1-12-6-5-8-15(13(12)2)18-17(20)11-10-14-7-3-4-9-16(14)19/h3-9,19H,10-11H2,1-2H3,(H,18,20). The summed E-state index contributed by atoms with van der Waals surface area (Å²) in [6.45, 7) is 4.01. The predicted octanol–water partition coefficient (Wildman–Crippen LogP) is 3.58. The molecule has 0 aromatic heterocycles. The second-order valence-corrected chi connectivity index (χ2v) is 4.92. The molecule has 2 N–H and O–H groups in total. The van der Waals surface area contributed by atoms with Gasteiger partial charge < -0.3 is 10.4 Å². The molecule has 0 radical (unpaired) electrons. The number of aryl methyl sites for hydroxylation is 2. The summed E-state index contributed by atoms with van der Waals surface area (Å²) < 4.78 is 0. The van der Waals surface area contributed by atoms with Crippen LogP contribution in [0.2, 0.25) is 0 Å². The molecule has 0 unspecified atom stereocenters. The Labute approximate surface area is 119 Å². The Morgan fingerprint density at radius 1 is 1.10 bits per heavy atom. The van der Waals surface area contributed by atoms with Crippen molar-refractivity contribution in [1.29, 1.82) is 0 Å². The number of para-hydroxylation sites is 1. The third-order valence-corrected chi connectivity index (χ3v) is 3.49. The molecule has 0 fully saturated rings. The maximum atomic E-state index is 12.0. The van der Waals surface area contributed by atoms with Gasteiger partial charge in [0.25, 0.3) is 0 Å². The van der Waals surface area contributed by atoms with Gasteiger partial charge in [0.05, 0.1) is 0 Å². The Hall–Kier alpha value is -2.29. The van der Waals surface area contributed by atoms with Crippen LogP contribution in [-0.4, -0.2) is 11.0 Å². The van der Waals surface area contributed by atoms with Crippen LogP contribution in [0, 0.1) is 13.8 Å². The first-order valence-electron chi connectivity index (χ1n) is 6.71. The third kappa shape index (κ3) is 3.38. The number of phenols is 1. The molecule has 0 bridgehead atoms. The summed E-state index contributed by atoms with van der Waals surface area (Å²) in [6, 6.07) is 13.0. The number of rotatable bonds is 4. The van der Waals surface area contributed by atoms with Gasteiger partial charge in [-0.3, -0.25) is 4.79 Å². The fourth-order valence-electron chi connectivity index (χ4n) is 2.07. The van der Waals surface area contributed by atoms with E-state index in [-0.39, 0.29) is 11.7 Å². The summed E-state index contributed by atoms with van der Waals surface area (Å²) in [5.41, 5.74) is 3.89. The lowest BCUT2D eigenvalue weighted by molar-refractivity contribution is -0.116. The van der Waals surface area contributed by atoms with Crippen LogP contribution in [0.15, 0.2) is 42.5 Å². The molecule has 3 nitrogen and oxygen atoms in total. The van der Waals surface area contributed by atoms with Crippen LogP contribution in [0.1, 0.15) is 23.1 Å². The molecule has 0 saturated carbocycles. The van der Waals surface area contributed by atoms with Crippen LogP contribution < -0.4 is 5.32 Å². The van der Waals surface area contributed by atoms with Crippen LogP contribution in [0.3, 0.4) is 0 Å². The summed E-state index contributed by atoms with van der Waals surface area (Å²) in [5, 5.41) is 12.6. The van der Waals surface area contributed by atoms with E-state index in [2.05, 4.69) is 5.32 Å². The van der Waals surface area contributed by atoms with Crippen molar-refractivity contribution < 1.29 is 9.90 Å². The van der Waals surface area contributed by atoms with E-state index < -0.39 is 0 Å². The van der Waals surface area contributed by atoms with Crippen molar-refractivity contribution in [1.82, 2.24) is 0 Å². The number of phenolic OH excluding ortho intramolecular Hbond substituents is 1. The molecule has 2 aromatic carbocycles. The minimum absolute atomic E-state index is 0.0399. The van der Waals surface area contributed by atoms with Crippen LogP contribution in [0.25, 0.3) is 0 Å². The van der Waals surface area contributed by atoms with E-state index in [0.29, 0.717) is 12.8 Å². The Bertz CT molecular complexity index is 620. The van der Waals surface area contributed by atoms with E-state index in [1.165, 1.54) is 0 Å². The fourth-order valence-corrected chi connectivity index (χ4v) is 2.07. The van der Waals surface area contributed by atoms with Gasteiger partial charge in [-0.1, -0.05) is 30.3 Å². The Morgan fingerprint density at radius 3 is 2.60 bits per heavy atom. The molecule has 2 rings (SSSR count). The molecule has 0 heterocycles. The Kier molecular flexibility index (Phi) is 4.41. The second kappa shape index (κ2) is 6.24. The second-order valence-electron chi connectivity index (χ2n) is 4.92.